The number of carbonyl (C=O) groups is 1. The molecule has 0 aromatic heterocycles. The Labute approximate surface area is 109 Å². The summed E-state index contributed by atoms with van der Waals surface area (Å²) in [5, 5.41) is 3.30. The van der Waals surface area contributed by atoms with Crippen LogP contribution < -0.4 is 5.32 Å². The molecule has 1 unspecified atom stereocenters. The van der Waals surface area contributed by atoms with Gasteiger partial charge in [0, 0.05) is 11.3 Å². The number of carbonyl (C=O) groups excluding carboxylic acids is 1. The summed E-state index contributed by atoms with van der Waals surface area (Å²) < 4.78 is 0.332. The molecule has 2 rings (SSSR count). The van der Waals surface area contributed by atoms with Crippen molar-refractivity contribution in [2.45, 2.75) is 56.2 Å². The lowest BCUT2D eigenvalue weighted by Crippen LogP contribution is -2.43. The quantitative estimate of drug-likeness (QED) is 0.837. The maximum Gasteiger partial charge on any atom is 0.240 e. The minimum absolute atomic E-state index is 0.0671. The van der Waals surface area contributed by atoms with Crippen LogP contribution in [-0.2, 0) is 4.79 Å². The fourth-order valence-electron chi connectivity index (χ4n) is 3.03. The van der Waals surface area contributed by atoms with Gasteiger partial charge >= 0.3 is 0 Å². The van der Waals surface area contributed by atoms with Gasteiger partial charge in [-0.2, -0.15) is 11.8 Å². The molecule has 1 heterocycles. The van der Waals surface area contributed by atoms with Crippen LogP contribution in [0.2, 0.25) is 0 Å². The monoisotopic (exact) mass is 256 g/mol. The molecule has 1 aliphatic heterocycles. The molecule has 2 fully saturated rings. The lowest BCUT2D eigenvalue weighted by atomic mass is 9.88. The fraction of sp³-hybridized carbons (Fsp3) is 0.923. The zero-order chi connectivity index (χ0) is 12.3. The van der Waals surface area contributed by atoms with Gasteiger partial charge in [-0.3, -0.25) is 10.1 Å². The standard InChI is InChI=1S/C13H24N2OS/c1-3-11-12(16)15(10-14-11)9-13(17-2)7-5-4-6-8-13/h11,14H,3-10H2,1-2H3. The van der Waals surface area contributed by atoms with Crippen molar-refractivity contribution in [3.8, 4) is 0 Å². The molecular weight excluding hydrogens is 232 g/mol. The summed E-state index contributed by atoms with van der Waals surface area (Å²) in [7, 11) is 0. The first-order valence-corrected chi connectivity index (χ1v) is 8.00. The van der Waals surface area contributed by atoms with Crippen molar-refractivity contribution in [2.75, 3.05) is 19.5 Å². The Morgan fingerprint density at radius 2 is 2.12 bits per heavy atom. The first kappa shape index (κ1) is 13.2. The van der Waals surface area contributed by atoms with Gasteiger partial charge < -0.3 is 4.90 Å². The zero-order valence-corrected chi connectivity index (χ0v) is 11.8. The topological polar surface area (TPSA) is 32.3 Å². The van der Waals surface area contributed by atoms with Gasteiger partial charge in [0.25, 0.3) is 0 Å². The second kappa shape index (κ2) is 5.61. The molecule has 1 saturated heterocycles. The van der Waals surface area contributed by atoms with Crippen molar-refractivity contribution in [3.05, 3.63) is 0 Å². The molecule has 2 aliphatic rings. The number of rotatable bonds is 4. The highest BCUT2D eigenvalue weighted by Gasteiger charge is 2.38. The molecule has 4 heteroatoms. The van der Waals surface area contributed by atoms with Crippen LogP contribution in [0.15, 0.2) is 0 Å². The second-order valence-electron chi connectivity index (χ2n) is 5.31. The van der Waals surface area contributed by atoms with E-state index >= 15 is 0 Å². The third-order valence-corrected chi connectivity index (χ3v) is 5.63. The predicted octanol–water partition coefficient (Wildman–Crippen LogP) is 2.22. The molecule has 1 N–H and O–H groups in total. The number of nitrogens with zero attached hydrogens (tertiary/aromatic N) is 1. The van der Waals surface area contributed by atoms with E-state index in [4.69, 9.17) is 0 Å². The largest absolute Gasteiger partial charge is 0.327 e. The molecule has 1 amide bonds. The molecule has 0 radical (unpaired) electrons. The summed E-state index contributed by atoms with van der Waals surface area (Å²) in [6, 6.07) is 0.0671. The molecule has 1 atom stereocenters. The molecule has 0 spiro atoms. The number of nitrogens with one attached hydrogen (secondary N) is 1. The molecule has 0 aromatic rings. The molecular formula is C13H24N2OS. The zero-order valence-electron chi connectivity index (χ0n) is 11.0. The number of hydrogen-bond donors (Lipinski definition) is 1. The van der Waals surface area contributed by atoms with Crippen LogP contribution in [0.1, 0.15) is 45.4 Å². The Bertz CT molecular complexity index is 277. The summed E-state index contributed by atoms with van der Waals surface area (Å²) in [5.41, 5.74) is 0. The first-order chi connectivity index (χ1) is 8.21. The lowest BCUT2D eigenvalue weighted by Gasteiger charge is -2.38. The molecule has 0 bridgehead atoms. The average molecular weight is 256 g/mol. The second-order valence-corrected chi connectivity index (χ2v) is 6.58. The van der Waals surface area contributed by atoms with Crippen molar-refractivity contribution >= 4 is 17.7 Å². The maximum absolute atomic E-state index is 12.1. The van der Waals surface area contributed by atoms with Crippen molar-refractivity contribution in [1.82, 2.24) is 10.2 Å². The molecule has 3 nitrogen and oxygen atoms in total. The van der Waals surface area contributed by atoms with Crippen molar-refractivity contribution in [3.63, 3.8) is 0 Å². The van der Waals surface area contributed by atoms with Gasteiger partial charge in [0.05, 0.1) is 12.7 Å². The van der Waals surface area contributed by atoms with Crippen LogP contribution in [-0.4, -0.2) is 41.1 Å². The normalized spacial score (nSPS) is 28.7. The molecule has 98 valence electrons. The fourth-order valence-corrected chi connectivity index (χ4v) is 4.01. The highest BCUT2D eigenvalue weighted by atomic mass is 32.2. The summed E-state index contributed by atoms with van der Waals surface area (Å²) >= 11 is 1.97. The van der Waals surface area contributed by atoms with Crippen LogP contribution in [0, 0.1) is 0 Å². The predicted molar refractivity (Wildman–Crippen MR) is 73.1 cm³/mol. The van der Waals surface area contributed by atoms with E-state index in [1.807, 2.05) is 16.7 Å². The average Bonchev–Trinajstić information content (AvgIpc) is 2.71. The van der Waals surface area contributed by atoms with Crippen LogP contribution in [0.3, 0.4) is 0 Å². The minimum atomic E-state index is 0.0671. The Balaban J connectivity index is 1.97. The maximum atomic E-state index is 12.1. The van der Waals surface area contributed by atoms with E-state index in [9.17, 15) is 4.79 Å². The van der Waals surface area contributed by atoms with E-state index in [2.05, 4.69) is 18.5 Å². The van der Waals surface area contributed by atoms with Gasteiger partial charge in [-0.1, -0.05) is 26.2 Å². The summed E-state index contributed by atoms with van der Waals surface area (Å²) in [5.74, 6) is 0.312. The first-order valence-electron chi connectivity index (χ1n) is 6.78. The van der Waals surface area contributed by atoms with E-state index in [-0.39, 0.29) is 6.04 Å². The van der Waals surface area contributed by atoms with Gasteiger partial charge in [0.2, 0.25) is 5.91 Å². The Kier molecular flexibility index (Phi) is 4.36. The van der Waals surface area contributed by atoms with Crippen molar-refractivity contribution in [2.24, 2.45) is 0 Å². The Hall–Kier alpha value is -0.220. The number of thioether (sulfide) groups is 1. The van der Waals surface area contributed by atoms with E-state index < -0.39 is 0 Å². The van der Waals surface area contributed by atoms with Gasteiger partial charge in [-0.05, 0) is 25.5 Å². The lowest BCUT2D eigenvalue weighted by molar-refractivity contribution is -0.129. The number of amides is 1. The van der Waals surface area contributed by atoms with Gasteiger partial charge in [0.15, 0.2) is 0 Å². The van der Waals surface area contributed by atoms with Crippen LogP contribution in [0.4, 0.5) is 0 Å². The molecule has 17 heavy (non-hydrogen) atoms. The molecule has 1 saturated carbocycles. The van der Waals surface area contributed by atoms with Crippen molar-refractivity contribution < 1.29 is 4.79 Å². The summed E-state index contributed by atoms with van der Waals surface area (Å²) in [4.78, 5) is 14.2. The summed E-state index contributed by atoms with van der Waals surface area (Å²) in [6.07, 6.45) is 9.68. The van der Waals surface area contributed by atoms with Gasteiger partial charge in [0.1, 0.15) is 0 Å². The van der Waals surface area contributed by atoms with Crippen LogP contribution >= 0.6 is 11.8 Å². The smallest absolute Gasteiger partial charge is 0.240 e. The minimum Gasteiger partial charge on any atom is -0.327 e. The highest BCUT2D eigenvalue weighted by Crippen LogP contribution is 2.39. The van der Waals surface area contributed by atoms with Crippen molar-refractivity contribution in [1.29, 1.82) is 0 Å². The van der Waals surface area contributed by atoms with Crippen LogP contribution in [0.5, 0.6) is 0 Å². The Morgan fingerprint density at radius 1 is 1.41 bits per heavy atom. The van der Waals surface area contributed by atoms with E-state index in [0.717, 1.165) is 19.6 Å². The Morgan fingerprint density at radius 3 is 2.65 bits per heavy atom. The number of hydrogen-bond acceptors (Lipinski definition) is 3. The summed E-state index contributed by atoms with van der Waals surface area (Å²) in [6.45, 7) is 3.76. The van der Waals surface area contributed by atoms with E-state index in [1.165, 1.54) is 32.1 Å². The van der Waals surface area contributed by atoms with E-state index in [1.54, 1.807) is 0 Å². The molecule has 0 aromatic carbocycles. The van der Waals surface area contributed by atoms with E-state index in [0.29, 0.717) is 10.7 Å². The highest BCUT2D eigenvalue weighted by molar-refractivity contribution is 8.00. The third-order valence-electron chi connectivity index (χ3n) is 4.22. The SMILES string of the molecule is CCC1NCN(CC2(SC)CCCCC2)C1=O. The van der Waals surface area contributed by atoms with Gasteiger partial charge in [-0.25, -0.2) is 0 Å². The van der Waals surface area contributed by atoms with Crippen LogP contribution in [0.25, 0.3) is 0 Å². The molecule has 1 aliphatic carbocycles. The van der Waals surface area contributed by atoms with Gasteiger partial charge in [-0.15, -0.1) is 0 Å². The third kappa shape index (κ3) is 2.79.